The van der Waals surface area contributed by atoms with Gasteiger partial charge >= 0.3 is 0 Å². The summed E-state index contributed by atoms with van der Waals surface area (Å²) in [5, 5.41) is 0. The minimum atomic E-state index is -2.86. The lowest BCUT2D eigenvalue weighted by Gasteiger charge is -1.99. The molecule has 0 spiro atoms. The summed E-state index contributed by atoms with van der Waals surface area (Å²) in [4.78, 5) is 3.73. The summed E-state index contributed by atoms with van der Waals surface area (Å²) in [5.74, 6) is 0.910. The third kappa shape index (κ3) is 1.67. The van der Waals surface area contributed by atoms with Crippen molar-refractivity contribution in [3.05, 3.63) is 12.0 Å². The monoisotopic (exact) mass is 202 g/mol. The Hall–Kier alpha value is -1.04. The number of anilines is 1. The van der Waals surface area contributed by atoms with E-state index in [9.17, 15) is 8.42 Å². The van der Waals surface area contributed by atoms with Gasteiger partial charge in [-0.1, -0.05) is 0 Å². The van der Waals surface area contributed by atoms with Crippen LogP contribution < -0.4 is 5.73 Å². The second-order valence-corrected chi connectivity index (χ2v) is 5.43. The van der Waals surface area contributed by atoms with E-state index in [1.807, 2.05) is 0 Å². The summed E-state index contributed by atoms with van der Waals surface area (Å²) in [6.45, 7) is 0. The van der Waals surface area contributed by atoms with Gasteiger partial charge in [0.15, 0.2) is 9.84 Å². The summed E-state index contributed by atoms with van der Waals surface area (Å²) in [6, 6.07) is 0.0966. The first kappa shape index (κ1) is 8.55. The fourth-order valence-corrected chi connectivity index (χ4v) is 3.26. The van der Waals surface area contributed by atoms with E-state index in [0.717, 1.165) is 0 Å². The highest BCUT2D eigenvalue weighted by Crippen LogP contribution is 2.29. The number of nitrogens with two attached hydrogens (primary N) is 1. The SMILES string of the molecule is Nc1ncc(C2CCS(=O)(=O)C2)o1. The fraction of sp³-hybridized carbons (Fsp3) is 0.571. The Labute approximate surface area is 75.9 Å². The number of aromatic nitrogens is 1. The van der Waals surface area contributed by atoms with Crippen molar-refractivity contribution in [1.82, 2.24) is 4.98 Å². The zero-order valence-corrected chi connectivity index (χ0v) is 7.75. The van der Waals surface area contributed by atoms with E-state index in [1.165, 1.54) is 6.20 Å². The Morgan fingerprint density at radius 1 is 1.62 bits per heavy atom. The molecule has 13 heavy (non-hydrogen) atoms. The van der Waals surface area contributed by atoms with E-state index in [-0.39, 0.29) is 23.4 Å². The second-order valence-electron chi connectivity index (χ2n) is 3.20. The molecule has 1 aromatic rings. The summed E-state index contributed by atoms with van der Waals surface area (Å²) in [6.07, 6.45) is 2.11. The average molecular weight is 202 g/mol. The van der Waals surface area contributed by atoms with E-state index in [1.54, 1.807) is 0 Å². The molecular weight excluding hydrogens is 192 g/mol. The molecule has 1 unspecified atom stereocenters. The molecule has 1 atom stereocenters. The smallest absolute Gasteiger partial charge is 0.292 e. The van der Waals surface area contributed by atoms with E-state index < -0.39 is 9.84 Å². The van der Waals surface area contributed by atoms with Crippen LogP contribution in [0.3, 0.4) is 0 Å². The number of hydrogen-bond acceptors (Lipinski definition) is 5. The van der Waals surface area contributed by atoms with Crippen molar-refractivity contribution in [2.75, 3.05) is 17.2 Å². The van der Waals surface area contributed by atoms with Crippen LogP contribution in [-0.2, 0) is 9.84 Å². The summed E-state index contributed by atoms with van der Waals surface area (Å²) < 4.78 is 27.3. The molecule has 0 radical (unpaired) electrons. The average Bonchev–Trinajstić information content (AvgIpc) is 2.56. The third-order valence-corrected chi connectivity index (χ3v) is 3.94. The molecule has 1 saturated heterocycles. The van der Waals surface area contributed by atoms with Crippen molar-refractivity contribution in [2.24, 2.45) is 0 Å². The molecule has 6 heteroatoms. The maximum absolute atomic E-state index is 11.1. The number of nitrogen functional groups attached to an aromatic ring is 1. The molecule has 1 fully saturated rings. The van der Waals surface area contributed by atoms with Gasteiger partial charge in [0.25, 0.3) is 6.01 Å². The van der Waals surface area contributed by atoms with Gasteiger partial charge in [0.1, 0.15) is 5.76 Å². The van der Waals surface area contributed by atoms with Crippen molar-refractivity contribution in [3.8, 4) is 0 Å². The Morgan fingerprint density at radius 3 is 2.85 bits per heavy atom. The van der Waals surface area contributed by atoms with E-state index in [0.29, 0.717) is 12.2 Å². The zero-order chi connectivity index (χ0) is 9.47. The summed E-state index contributed by atoms with van der Waals surface area (Å²) in [7, 11) is -2.86. The van der Waals surface area contributed by atoms with Gasteiger partial charge in [0.2, 0.25) is 0 Å². The van der Waals surface area contributed by atoms with Crippen LogP contribution in [-0.4, -0.2) is 24.9 Å². The lowest BCUT2D eigenvalue weighted by molar-refractivity contribution is 0.489. The number of nitrogens with zero attached hydrogens (tertiary/aromatic N) is 1. The van der Waals surface area contributed by atoms with Crippen LogP contribution in [0.5, 0.6) is 0 Å². The van der Waals surface area contributed by atoms with Crippen LogP contribution in [0, 0.1) is 0 Å². The Bertz CT molecular complexity index is 409. The molecule has 72 valence electrons. The number of rotatable bonds is 1. The van der Waals surface area contributed by atoms with Crippen molar-refractivity contribution in [1.29, 1.82) is 0 Å². The van der Waals surface area contributed by atoms with Crippen LogP contribution in [0.1, 0.15) is 18.1 Å². The third-order valence-electron chi connectivity index (χ3n) is 2.18. The first-order valence-electron chi connectivity index (χ1n) is 3.98. The highest BCUT2D eigenvalue weighted by atomic mass is 32.2. The molecule has 0 aromatic carbocycles. The zero-order valence-electron chi connectivity index (χ0n) is 6.93. The van der Waals surface area contributed by atoms with Crippen molar-refractivity contribution in [3.63, 3.8) is 0 Å². The van der Waals surface area contributed by atoms with E-state index in [2.05, 4.69) is 4.98 Å². The topological polar surface area (TPSA) is 86.2 Å². The molecule has 2 rings (SSSR count). The molecule has 0 aliphatic carbocycles. The lowest BCUT2D eigenvalue weighted by atomic mass is 10.1. The van der Waals surface area contributed by atoms with E-state index >= 15 is 0 Å². The van der Waals surface area contributed by atoms with Crippen LogP contribution in [0.15, 0.2) is 10.6 Å². The fourth-order valence-electron chi connectivity index (χ4n) is 1.51. The Kier molecular flexibility index (Phi) is 1.80. The summed E-state index contributed by atoms with van der Waals surface area (Å²) >= 11 is 0. The predicted molar refractivity (Wildman–Crippen MR) is 46.9 cm³/mol. The largest absolute Gasteiger partial charge is 0.429 e. The van der Waals surface area contributed by atoms with Gasteiger partial charge in [-0.2, -0.15) is 0 Å². The standard InChI is InChI=1S/C7H10N2O3S/c8-7-9-3-6(12-7)5-1-2-13(10,11)4-5/h3,5H,1-2,4H2,(H2,8,9). The number of sulfone groups is 1. The van der Waals surface area contributed by atoms with Gasteiger partial charge in [-0.05, 0) is 6.42 Å². The molecule has 2 heterocycles. The Balaban J connectivity index is 2.21. The predicted octanol–water partition coefficient (Wildman–Crippen LogP) is 0.159. The maximum atomic E-state index is 11.1. The van der Waals surface area contributed by atoms with Gasteiger partial charge in [-0.15, -0.1) is 0 Å². The van der Waals surface area contributed by atoms with Crippen LogP contribution in [0.25, 0.3) is 0 Å². The molecule has 2 N–H and O–H groups in total. The highest BCUT2D eigenvalue weighted by Gasteiger charge is 2.31. The van der Waals surface area contributed by atoms with Crippen LogP contribution in [0.4, 0.5) is 6.01 Å². The normalized spacial score (nSPS) is 26.3. The molecule has 0 saturated carbocycles. The molecular formula is C7H10N2O3S. The maximum Gasteiger partial charge on any atom is 0.292 e. The minimum absolute atomic E-state index is 0.0604. The molecule has 1 aliphatic heterocycles. The van der Waals surface area contributed by atoms with Crippen molar-refractivity contribution in [2.45, 2.75) is 12.3 Å². The number of hydrogen-bond donors (Lipinski definition) is 1. The van der Waals surface area contributed by atoms with Crippen LogP contribution >= 0.6 is 0 Å². The molecule has 0 amide bonds. The van der Waals surface area contributed by atoms with Gasteiger partial charge in [-0.3, -0.25) is 0 Å². The molecule has 0 bridgehead atoms. The second kappa shape index (κ2) is 2.73. The first-order chi connectivity index (χ1) is 6.07. The Morgan fingerprint density at radius 2 is 2.38 bits per heavy atom. The van der Waals surface area contributed by atoms with Gasteiger partial charge in [-0.25, -0.2) is 13.4 Å². The van der Waals surface area contributed by atoms with Gasteiger partial charge < -0.3 is 10.2 Å². The van der Waals surface area contributed by atoms with Gasteiger partial charge in [0.05, 0.1) is 17.7 Å². The molecule has 1 aromatic heterocycles. The van der Waals surface area contributed by atoms with Gasteiger partial charge in [0, 0.05) is 5.92 Å². The van der Waals surface area contributed by atoms with Crippen LogP contribution in [0.2, 0.25) is 0 Å². The quantitative estimate of drug-likeness (QED) is 0.701. The van der Waals surface area contributed by atoms with Crippen molar-refractivity contribution < 1.29 is 12.8 Å². The molecule has 5 nitrogen and oxygen atoms in total. The van der Waals surface area contributed by atoms with Crippen molar-refractivity contribution >= 4 is 15.9 Å². The minimum Gasteiger partial charge on any atom is -0.429 e. The lowest BCUT2D eigenvalue weighted by Crippen LogP contribution is -2.02. The van der Waals surface area contributed by atoms with E-state index in [4.69, 9.17) is 10.2 Å². The molecule has 1 aliphatic rings. The highest BCUT2D eigenvalue weighted by molar-refractivity contribution is 7.91. The summed E-state index contributed by atoms with van der Waals surface area (Å²) in [5.41, 5.74) is 5.29. The first-order valence-corrected chi connectivity index (χ1v) is 5.80. The number of oxazole rings is 1.